The van der Waals surface area contributed by atoms with Gasteiger partial charge < -0.3 is 24.1 Å². The van der Waals surface area contributed by atoms with Crippen molar-refractivity contribution in [3.05, 3.63) is 48.0 Å². The maximum atomic E-state index is 11.5. The number of rotatable bonds is 7. The first kappa shape index (κ1) is 16.1. The fraction of sp³-hybridized carbons (Fsp3) is 0.278. The zero-order valence-corrected chi connectivity index (χ0v) is 13.2. The van der Waals surface area contributed by atoms with Crippen molar-refractivity contribution < 1.29 is 28.8 Å². The third kappa shape index (κ3) is 3.60. The molecule has 0 spiro atoms. The van der Waals surface area contributed by atoms with Crippen LogP contribution in [0.2, 0.25) is 0 Å². The van der Waals surface area contributed by atoms with Gasteiger partial charge in [0.25, 0.3) is 0 Å². The minimum absolute atomic E-state index is 0.0400. The van der Waals surface area contributed by atoms with E-state index in [9.17, 15) is 9.90 Å². The van der Waals surface area contributed by atoms with Crippen LogP contribution in [0, 0.1) is 0 Å². The molecule has 0 radical (unpaired) electrons. The lowest BCUT2D eigenvalue weighted by atomic mass is 10.1. The summed E-state index contributed by atoms with van der Waals surface area (Å²) in [5.41, 5.74) is 0.558. The van der Waals surface area contributed by atoms with Crippen molar-refractivity contribution in [2.24, 2.45) is 0 Å². The summed E-state index contributed by atoms with van der Waals surface area (Å²) in [5, 5.41) is 9.99. The fourth-order valence-corrected chi connectivity index (χ4v) is 2.33. The molecule has 3 rings (SSSR count). The van der Waals surface area contributed by atoms with Crippen molar-refractivity contribution in [1.29, 1.82) is 0 Å². The second-order valence-electron chi connectivity index (χ2n) is 5.30. The van der Waals surface area contributed by atoms with E-state index in [1.54, 1.807) is 37.4 Å². The summed E-state index contributed by atoms with van der Waals surface area (Å²) in [4.78, 5) is 11.5. The molecule has 2 aromatic rings. The normalized spacial score (nSPS) is 13.8. The van der Waals surface area contributed by atoms with E-state index in [4.69, 9.17) is 18.9 Å². The van der Waals surface area contributed by atoms with E-state index >= 15 is 0 Å². The van der Waals surface area contributed by atoms with Gasteiger partial charge in [-0.1, -0.05) is 12.1 Å². The molecule has 6 heteroatoms. The standard InChI is InChI=1S/C18H18O6/c1-21-16-4-2-3-5-17(16)23-10-12(19)9-22-13-6-7-14-15(20)11-24-18(14)8-13/h2-8,12,19H,9-11H2,1H3. The minimum Gasteiger partial charge on any atom is -0.493 e. The summed E-state index contributed by atoms with van der Waals surface area (Å²) in [7, 11) is 1.56. The Morgan fingerprint density at radius 1 is 1.12 bits per heavy atom. The topological polar surface area (TPSA) is 74.2 Å². The van der Waals surface area contributed by atoms with Crippen molar-refractivity contribution in [2.75, 3.05) is 26.9 Å². The molecule has 1 heterocycles. The van der Waals surface area contributed by atoms with Gasteiger partial charge in [-0.3, -0.25) is 4.79 Å². The molecule has 0 aromatic heterocycles. The van der Waals surface area contributed by atoms with Crippen LogP contribution >= 0.6 is 0 Å². The minimum atomic E-state index is -0.814. The lowest BCUT2D eigenvalue weighted by Gasteiger charge is -2.15. The van der Waals surface area contributed by atoms with Crippen molar-refractivity contribution in [1.82, 2.24) is 0 Å². The highest BCUT2D eigenvalue weighted by atomic mass is 16.5. The van der Waals surface area contributed by atoms with Gasteiger partial charge in [0.2, 0.25) is 5.78 Å². The summed E-state index contributed by atoms with van der Waals surface area (Å²) in [6, 6.07) is 12.2. The molecular formula is C18H18O6. The van der Waals surface area contributed by atoms with Crippen LogP contribution in [0.15, 0.2) is 42.5 Å². The van der Waals surface area contributed by atoms with Crippen molar-refractivity contribution in [3.63, 3.8) is 0 Å². The third-order valence-corrected chi connectivity index (χ3v) is 3.55. The quantitative estimate of drug-likeness (QED) is 0.838. The van der Waals surface area contributed by atoms with Crippen LogP contribution in [0.25, 0.3) is 0 Å². The van der Waals surface area contributed by atoms with E-state index < -0.39 is 6.10 Å². The number of fused-ring (bicyclic) bond motifs is 1. The predicted octanol–water partition coefficient (Wildman–Crippen LogP) is 2.09. The first-order chi connectivity index (χ1) is 11.7. The summed E-state index contributed by atoms with van der Waals surface area (Å²) < 4.78 is 21.5. The highest BCUT2D eigenvalue weighted by Crippen LogP contribution is 2.29. The molecule has 1 atom stereocenters. The van der Waals surface area contributed by atoms with Crippen LogP contribution < -0.4 is 18.9 Å². The summed E-state index contributed by atoms with van der Waals surface area (Å²) in [6.45, 7) is 0.191. The third-order valence-electron chi connectivity index (χ3n) is 3.55. The van der Waals surface area contributed by atoms with Crippen LogP contribution in [0.4, 0.5) is 0 Å². The van der Waals surface area contributed by atoms with Gasteiger partial charge in [0.1, 0.15) is 30.8 Å². The average molecular weight is 330 g/mol. The SMILES string of the molecule is COc1ccccc1OCC(O)COc1ccc2c(c1)OCC2=O. The maximum Gasteiger partial charge on any atom is 0.203 e. The van der Waals surface area contributed by atoms with Gasteiger partial charge in [-0.2, -0.15) is 0 Å². The van der Waals surface area contributed by atoms with Crippen LogP contribution in [0.3, 0.4) is 0 Å². The molecule has 1 N–H and O–H groups in total. The number of hydrogen-bond acceptors (Lipinski definition) is 6. The molecule has 2 aromatic carbocycles. The zero-order valence-electron chi connectivity index (χ0n) is 13.2. The molecule has 6 nitrogen and oxygen atoms in total. The van der Waals surface area contributed by atoms with Gasteiger partial charge in [-0.25, -0.2) is 0 Å². The number of aliphatic hydroxyl groups excluding tert-OH is 1. The van der Waals surface area contributed by atoms with Crippen LogP contribution in [-0.2, 0) is 0 Å². The Bertz CT molecular complexity index is 727. The molecule has 126 valence electrons. The van der Waals surface area contributed by atoms with Gasteiger partial charge in [-0.05, 0) is 24.3 Å². The molecule has 1 aliphatic heterocycles. The van der Waals surface area contributed by atoms with Gasteiger partial charge >= 0.3 is 0 Å². The zero-order chi connectivity index (χ0) is 16.9. The van der Waals surface area contributed by atoms with Crippen LogP contribution in [0.1, 0.15) is 10.4 Å². The lowest BCUT2D eigenvalue weighted by Crippen LogP contribution is -2.25. The van der Waals surface area contributed by atoms with Gasteiger partial charge in [0, 0.05) is 6.07 Å². The lowest BCUT2D eigenvalue weighted by molar-refractivity contribution is 0.0616. The number of methoxy groups -OCH3 is 1. The summed E-state index contributed by atoms with van der Waals surface area (Å²) >= 11 is 0. The van der Waals surface area contributed by atoms with E-state index in [2.05, 4.69) is 0 Å². The number of Topliss-reactive ketones (excluding diaryl/α,β-unsaturated/α-hetero) is 1. The molecule has 24 heavy (non-hydrogen) atoms. The molecule has 0 saturated carbocycles. The summed E-state index contributed by atoms with van der Waals surface area (Å²) in [5.74, 6) is 2.16. The number of ketones is 1. The van der Waals surface area contributed by atoms with E-state index in [0.717, 1.165) is 0 Å². The van der Waals surface area contributed by atoms with Gasteiger partial charge in [0.05, 0.1) is 12.7 Å². The smallest absolute Gasteiger partial charge is 0.203 e. The van der Waals surface area contributed by atoms with Crippen LogP contribution in [-0.4, -0.2) is 43.9 Å². The Labute approximate surface area is 139 Å². The summed E-state index contributed by atoms with van der Waals surface area (Å²) in [6.07, 6.45) is -0.814. The van der Waals surface area contributed by atoms with E-state index in [1.807, 2.05) is 12.1 Å². The Hall–Kier alpha value is -2.73. The fourth-order valence-electron chi connectivity index (χ4n) is 2.33. The monoisotopic (exact) mass is 330 g/mol. The molecule has 0 fully saturated rings. The number of carbonyl (C=O) groups is 1. The van der Waals surface area contributed by atoms with Crippen molar-refractivity contribution in [3.8, 4) is 23.0 Å². The number of carbonyl (C=O) groups excluding carboxylic acids is 1. The first-order valence-electron chi connectivity index (χ1n) is 7.54. The number of benzene rings is 2. The number of para-hydroxylation sites is 2. The molecule has 0 saturated heterocycles. The molecule has 0 bridgehead atoms. The average Bonchev–Trinajstić information content (AvgIpc) is 2.99. The molecule has 0 amide bonds. The van der Waals surface area contributed by atoms with E-state index in [0.29, 0.717) is 28.6 Å². The van der Waals surface area contributed by atoms with E-state index in [1.165, 1.54) is 0 Å². The van der Waals surface area contributed by atoms with Crippen LogP contribution in [0.5, 0.6) is 23.0 Å². The van der Waals surface area contributed by atoms with Crippen molar-refractivity contribution in [2.45, 2.75) is 6.10 Å². The number of hydrogen-bond donors (Lipinski definition) is 1. The van der Waals surface area contributed by atoms with Gasteiger partial charge in [-0.15, -0.1) is 0 Å². The molecule has 0 aliphatic carbocycles. The Morgan fingerprint density at radius 2 is 1.88 bits per heavy atom. The largest absolute Gasteiger partial charge is 0.493 e. The number of ether oxygens (including phenoxy) is 4. The highest BCUT2D eigenvalue weighted by molar-refractivity contribution is 6.02. The molecule has 1 unspecified atom stereocenters. The van der Waals surface area contributed by atoms with E-state index in [-0.39, 0.29) is 25.6 Å². The van der Waals surface area contributed by atoms with Gasteiger partial charge in [0.15, 0.2) is 18.1 Å². The maximum absolute atomic E-state index is 11.5. The predicted molar refractivity (Wildman–Crippen MR) is 86.3 cm³/mol. The number of aliphatic hydroxyl groups is 1. The Balaban J connectivity index is 1.51. The second kappa shape index (κ2) is 7.23. The molecular weight excluding hydrogens is 312 g/mol. The Morgan fingerprint density at radius 3 is 2.67 bits per heavy atom. The highest BCUT2D eigenvalue weighted by Gasteiger charge is 2.21. The second-order valence-corrected chi connectivity index (χ2v) is 5.30. The Kier molecular flexibility index (Phi) is 4.86. The molecule has 1 aliphatic rings. The first-order valence-corrected chi connectivity index (χ1v) is 7.54. The van der Waals surface area contributed by atoms with Crippen molar-refractivity contribution >= 4 is 5.78 Å².